The Morgan fingerprint density at radius 1 is 1.33 bits per heavy atom. The predicted molar refractivity (Wildman–Crippen MR) is 94.6 cm³/mol. The van der Waals surface area contributed by atoms with E-state index >= 15 is 0 Å². The van der Waals surface area contributed by atoms with E-state index in [1.165, 1.54) is 4.90 Å². The van der Waals surface area contributed by atoms with Crippen LogP contribution in [0.2, 0.25) is 0 Å². The Labute approximate surface area is 154 Å². The van der Waals surface area contributed by atoms with Gasteiger partial charge in [-0.1, -0.05) is 0 Å². The lowest BCUT2D eigenvalue weighted by Crippen LogP contribution is -2.57. The fourth-order valence-corrected chi connectivity index (χ4v) is 3.48. The van der Waals surface area contributed by atoms with E-state index in [0.29, 0.717) is 54.2 Å². The molecule has 0 saturated carbocycles. The zero-order valence-electron chi connectivity index (χ0n) is 15.5. The topological polar surface area (TPSA) is 75.1 Å². The highest BCUT2D eigenvalue weighted by Gasteiger charge is 2.43. The molecular weight excluding hydrogens is 361 g/mol. The zero-order chi connectivity index (χ0) is 19.8. The molecule has 1 atom stereocenters. The number of rotatable bonds is 4. The lowest BCUT2D eigenvalue weighted by Gasteiger charge is -2.35. The van der Waals surface area contributed by atoms with Gasteiger partial charge in [0.05, 0.1) is 16.6 Å². The number of hydrogen-bond donors (Lipinski definition) is 2. The molecule has 0 bridgehead atoms. The second kappa shape index (κ2) is 7.43. The van der Waals surface area contributed by atoms with Crippen LogP contribution in [0.15, 0.2) is 6.07 Å². The number of hydrogen-bond acceptors (Lipinski definition) is 5. The summed E-state index contributed by atoms with van der Waals surface area (Å²) in [6.45, 7) is 4.57. The lowest BCUT2D eigenvalue weighted by molar-refractivity contribution is -0.183. The molecule has 0 radical (unpaired) electrons. The molecule has 27 heavy (non-hydrogen) atoms. The summed E-state index contributed by atoms with van der Waals surface area (Å²) in [6, 6.07) is -0.128. The van der Waals surface area contributed by atoms with Crippen LogP contribution in [0.1, 0.15) is 21.7 Å². The minimum Gasteiger partial charge on any atom is -0.350 e. The number of pyridine rings is 1. The van der Waals surface area contributed by atoms with Crippen molar-refractivity contribution in [3.8, 4) is 0 Å². The van der Waals surface area contributed by atoms with Crippen molar-refractivity contribution in [3.63, 3.8) is 0 Å². The van der Waals surface area contributed by atoms with Crippen molar-refractivity contribution in [2.45, 2.75) is 26.1 Å². The third-order valence-electron chi connectivity index (χ3n) is 4.77. The van der Waals surface area contributed by atoms with Crippen molar-refractivity contribution < 1.29 is 18.0 Å². The molecule has 10 heteroatoms. The smallest absolute Gasteiger partial charge is 0.350 e. The molecule has 2 aromatic rings. The average molecular weight is 384 g/mol. The summed E-state index contributed by atoms with van der Waals surface area (Å²) in [5, 5.41) is 10.3. The largest absolute Gasteiger partial charge is 0.405 e. The van der Waals surface area contributed by atoms with Crippen LogP contribution in [0.25, 0.3) is 11.0 Å². The average Bonchev–Trinajstić information content (AvgIpc) is 2.88. The summed E-state index contributed by atoms with van der Waals surface area (Å²) in [7, 11) is 1.72. The first-order valence-corrected chi connectivity index (χ1v) is 8.79. The van der Waals surface area contributed by atoms with Crippen LogP contribution in [0.5, 0.6) is 0 Å². The summed E-state index contributed by atoms with van der Waals surface area (Å²) in [6.07, 6.45) is -4.42. The van der Waals surface area contributed by atoms with E-state index in [0.717, 1.165) is 0 Å². The highest BCUT2D eigenvalue weighted by Crippen LogP contribution is 2.25. The monoisotopic (exact) mass is 384 g/mol. The Morgan fingerprint density at radius 3 is 2.63 bits per heavy atom. The van der Waals surface area contributed by atoms with Gasteiger partial charge in [-0.15, -0.1) is 0 Å². The number of halogens is 3. The standard InChI is InChI=1S/C17H23F3N6O/c1-10-8-12(14-11(2)24-25(3)15(14)23-10)16(27)22-9-13(17(18,19)20)26-6-4-21-5-7-26/h8,13,21H,4-7,9H2,1-3H3,(H,22,27). The van der Waals surface area contributed by atoms with Crippen LogP contribution in [-0.4, -0.2) is 70.5 Å². The highest BCUT2D eigenvalue weighted by molar-refractivity contribution is 6.06. The van der Waals surface area contributed by atoms with E-state index < -0.39 is 24.7 Å². The molecule has 1 saturated heterocycles. The minimum atomic E-state index is -4.42. The first-order valence-electron chi connectivity index (χ1n) is 8.79. The van der Waals surface area contributed by atoms with E-state index in [1.54, 1.807) is 31.6 Å². The van der Waals surface area contributed by atoms with Crippen molar-refractivity contribution in [2.24, 2.45) is 7.05 Å². The Kier molecular flexibility index (Phi) is 5.38. The number of carbonyl (C=O) groups excluding carboxylic acids is 1. The highest BCUT2D eigenvalue weighted by atomic mass is 19.4. The van der Waals surface area contributed by atoms with Gasteiger partial charge in [0.25, 0.3) is 5.91 Å². The fourth-order valence-electron chi connectivity index (χ4n) is 3.48. The number of carbonyl (C=O) groups is 1. The molecule has 0 spiro atoms. The van der Waals surface area contributed by atoms with Crippen molar-refractivity contribution >= 4 is 16.9 Å². The summed E-state index contributed by atoms with van der Waals surface area (Å²) in [5.41, 5.74) is 2.04. The molecule has 2 aromatic heterocycles. The Hall–Kier alpha value is -2.20. The molecule has 1 fully saturated rings. The number of alkyl halides is 3. The van der Waals surface area contributed by atoms with Gasteiger partial charge in [-0.25, -0.2) is 4.98 Å². The number of fused-ring (bicyclic) bond motifs is 1. The molecule has 3 rings (SSSR count). The van der Waals surface area contributed by atoms with E-state index in [-0.39, 0.29) is 0 Å². The van der Waals surface area contributed by atoms with E-state index in [1.807, 2.05) is 0 Å². The lowest BCUT2D eigenvalue weighted by atomic mass is 10.1. The van der Waals surface area contributed by atoms with Gasteiger partial charge in [0.2, 0.25) is 0 Å². The summed E-state index contributed by atoms with van der Waals surface area (Å²) >= 11 is 0. The van der Waals surface area contributed by atoms with E-state index in [4.69, 9.17) is 0 Å². The van der Waals surface area contributed by atoms with Gasteiger partial charge in [0.1, 0.15) is 6.04 Å². The third-order valence-corrected chi connectivity index (χ3v) is 4.77. The van der Waals surface area contributed by atoms with Crippen LogP contribution in [-0.2, 0) is 7.05 Å². The van der Waals surface area contributed by atoms with Crippen LogP contribution < -0.4 is 10.6 Å². The van der Waals surface area contributed by atoms with Gasteiger partial charge in [-0.05, 0) is 19.9 Å². The van der Waals surface area contributed by atoms with Crippen molar-refractivity contribution in [3.05, 3.63) is 23.0 Å². The maximum Gasteiger partial charge on any atom is 0.405 e. The quantitative estimate of drug-likeness (QED) is 0.827. The maximum absolute atomic E-state index is 13.5. The van der Waals surface area contributed by atoms with Crippen molar-refractivity contribution in [1.82, 2.24) is 30.3 Å². The SMILES string of the molecule is Cc1cc(C(=O)NCC(N2CCNCC2)C(F)(F)F)c2c(C)nn(C)c2n1. The van der Waals surface area contributed by atoms with Gasteiger partial charge in [-0.3, -0.25) is 14.4 Å². The Balaban J connectivity index is 1.83. The molecule has 7 nitrogen and oxygen atoms in total. The number of piperazine rings is 1. The Bertz CT molecular complexity index is 841. The first-order chi connectivity index (χ1) is 12.7. The molecule has 148 valence electrons. The minimum absolute atomic E-state index is 0.292. The molecule has 1 aliphatic rings. The van der Waals surface area contributed by atoms with Crippen LogP contribution in [0.4, 0.5) is 13.2 Å². The predicted octanol–water partition coefficient (Wildman–Crippen LogP) is 1.15. The van der Waals surface area contributed by atoms with Gasteiger partial charge < -0.3 is 10.6 Å². The number of nitrogens with one attached hydrogen (secondary N) is 2. The van der Waals surface area contributed by atoms with Crippen molar-refractivity contribution in [2.75, 3.05) is 32.7 Å². The molecule has 1 aliphatic heterocycles. The zero-order valence-corrected chi connectivity index (χ0v) is 15.5. The molecule has 2 N–H and O–H groups in total. The molecule has 0 aromatic carbocycles. The summed E-state index contributed by atoms with van der Waals surface area (Å²) < 4.78 is 42.1. The Morgan fingerprint density at radius 2 is 2.00 bits per heavy atom. The number of nitrogens with zero attached hydrogens (tertiary/aromatic N) is 4. The second-order valence-corrected chi connectivity index (χ2v) is 6.77. The molecule has 1 amide bonds. The second-order valence-electron chi connectivity index (χ2n) is 6.77. The third kappa shape index (κ3) is 4.06. The first kappa shape index (κ1) is 19.6. The molecule has 1 unspecified atom stereocenters. The normalized spacial score (nSPS) is 17.3. The van der Waals surface area contributed by atoms with E-state index in [9.17, 15) is 18.0 Å². The van der Waals surface area contributed by atoms with Gasteiger partial charge in [0, 0.05) is 45.5 Å². The van der Waals surface area contributed by atoms with Gasteiger partial charge in [-0.2, -0.15) is 18.3 Å². The van der Waals surface area contributed by atoms with E-state index in [2.05, 4.69) is 20.7 Å². The summed E-state index contributed by atoms with van der Waals surface area (Å²) in [4.78, 5) is 18.4. The number of amides is 1. The van der Waals surface area contributed by atoms with Crippen LogP contribution in [0.3, 0.4) is 0 Å². The number of aryl methyl sites for hydroxylation is 3. The fraction of sp³-hybridized carbons (Fsp3) is 0.588. The molecular formula is C17H23F3N6O. The van der Waals surface area contributed by atoms with Crippen LogP contribution in [0, 0.1) is 13.8 Å². The van der Waals surface area contributed by atoms with Gasteiger partial charge in [0.15, 0.2) is 5.65 Å². The van der Waals surface area contributed by atoms with Gasteiger partial charge >= 0.3 is 6.18 Å². The summed E-state index contributed by atoms with van der Waals surface area (Å²) in [5.74, 6) is -0.550. The molecule has 3 heterocycles. The van der Waals surface area contributed by atoms with Crippen molar-refractivity contribution in [1.29, 1.82) is 0 Å². The maximum atomic E-state index is 13.5. The van der Waals surface area contributed by atoms with Crippen LogP contribution >= 0.6 is 0 Å². The molecule has 0 aliphatic carbocycles. The number of aromatic nitrogens is 3.